The lowest BCUT2D eigenvalue weighted by Gasteiger charge is -2.25. The van der Waals surface area contributed by atoms with Crippen LogP contribution in [0.15, 0.2) is 12.7 Å². The van der Waals surface area contributed by atoms with Gasteiger partial charge in [0.1, 0.15) is 0 Å². The zero-order valence-corrected chi connectivity index (χ0v) is 16.4. The summed E-state index contributed by atoms with van der Waals surface area (Å²) in [5.41, 5.74) is 0. The third kappa shape index (κ3) is 24.5. The van der Waals surface area contributed by atoms with Crippen LogP contribution in [0.25, 0.3) is 0 Å². The van der Waals surface area contributed by atoms with E-state index in [-0.39, 0.29) is 11.8 Å². The molecule has 0 aliphatic carbocycles. The molecule has 0 heterocycles. The molecule has 0 fully saturated rings. The first kappa shape index (κ1) is 26.4. The molecule has 0 bridgehead atoms. The number of carbonyl (C=O) groups excluding carboxylic acids is 1. The fourth-order valence-electron chi connectivity index (χ4n) is 1.41. The average Bonchev–Trinajstić information content (AvgIpc) is 2.39. The molecule has 0 spiro atoms. The Hall–Kier alpha value is -0.520. The topological polar surface area (TPSA) is 49.8 Å². The fraction of sp³-hybridized carbons (Fsp3) is 0.824. The maximum absolute atomic E-state index is 11.7. The molecule has 0 saturated heterocycles. The van der Waals surface area contributed by atoms with Gasteiger partial charge in [-0.15, -0.1) is 6.58 Å². The Balaban J connectivity index is -0.000000373. The first-order chi connectivity index (χ1) is 10.3. The normalized spacial score (nSPS) is 9.55. The standard InChI is InChI=1S/C11H23NOS.C3H8O2.C3H6/c1-6-14-11(13)12(7-9(2)3)8-10(4)5;1-5-3-2-4;1-3-2/h9-10H,6-8H2,1-5H3;4H,2-3H2,1H3;3H,1H2,2H3. The van der Waals surface area contributed by atoms with Crippen molar-refractivity contribution in [1.29, 1.82) is 0 Å². The van der Waals surface area contributed by atoms with Crippen molar-refractivity contribution in [3.63, 3.8) is 0 Å². The van der Waals surface area contributed by atoms with Gasteiger partial charge in [0, 0.05) is 20.2 Å². The number of thioether (sulfide) groups is 1. The van der Waals surface area contributed by atoms with E-state index in [9.17, 15) is 4.79 Å². The highest BCUT2D eigenvalue weighted by atomic mass is 32.2. The fourth-order valence-corrected chi connectivity index (χ4v) is 1.99. The Bertz CT molecular complexity index is 234. The minimum Gasteiger partial charge on any atom is -0.394 e. The van der Waals surface area contributed by atoms with E-state index in [2.05, 4.69) is 39.0 Å². The largest absolute Gasteiger partial charge is 0.394 e. The highest BCUT2D eigenvalue weighted by molar-refractivity contribution is 8.13. The molecule has 0 saturated carbocycles. The third-order valence-corrected chi connectivity index (χ3v) is 2.79. The van der Waals surface area contributed by atoms with Gasteiger partial charge in [-0.25, -0.2) is 0 Å². The Labute approximate surface area is 142 Å². The summed E-state index contributed by atoms with van der Waals surface area (Å²) in [5, 5.41) is 8.17. The van der Waals surface area contributed by atoms with Crippen LogP contribution >= 0.6 is 11.8 Å². The van der Waals surface area contributed by atoms with Crippen molar-refractivity contribution in [3.05, 3.63) is 12.7 Å². The molecule has 1 amide bonds. The molecule has 0 radical (unpaired) electrons. The van der Waals surface area contributed by atoms with Crippen LogP contribution in [0.4, 0.5) is 4.79 Å². The van der Waals surface area contributed by atoms with E-state index in [0.29, 0.717) is 18.4 Å². The molecule has 0 aliphatic rings. The van der Waals surface area contributed by atoms with Crippen LogP contribution < -0.4 is 0 Å². The van der Waals surface area contributed by atoms with Gasteiger partial charge in [0.25, 0.3) is 5.24 Å². The van der Waals surface area contributed by atoms with Crippen molar-refractivity contribution in [1.82, 2.24) is 4.90 Å². The van der Waals surface area contributed by atoms with Crippen LogP contribution in [0.3, 0.4) is 0 Å². The van der Waals surface area contributed by atoms with Gasteiger partial charge in [0.15, 0.2) is 0 Å². The Morgan fingerprint density at radius 1 is 1.27 bits per heavy atom. The van der Waals surface area contributed by atoms with Crippen LogP contribution in [0.5, 0.6) is 0 Å². The molecule has 22 heavy (non-hydrogen) atoms. The van der Waals surface area contributed by atoms with Crippen molar-refractivity contribution < 1.29 is 14.6 Å². The molecule has 1 N–H and O–H groups in total. The van der Waals surface area contributed by atoms with Crippen LogP contribution in [0, 0.1) is 11.8 Å². The highest BCUT2D eigenvalue weighted by Gasteiger charge is 2.15. The molecule has 4 nitrogen and oxygen atoms in total. The van der Waals surface area contributed by atoms with Crippen molar-refractivity contribution in [2.24, 2.45) is 11.8 Å². The van der Waals surface area contributed by atoms with E-state index >= 15 is 0 Å². The molecule has 0 unspecified atom stereocenters. The number of amides is 1. The number of aliphatic hydroxyl groups excluding tert-OH is 1. The van der Waals surface area contributed by atoms with Gasteiger partial charge < -0.3 is 14.7 Å². The summed E-state index contributed by atoms with van der Waals surface area (Å²) in [5.74, 6) is 1.97. The summed E-state index contributed by atoms with van der Waals surface area (Å²) >= 11 is 1.41. The lowest BCUT2D eigenvalue weighted by molar-refractivity contribution is 0.135. The molecular formula is C17H37NO3S. The van der Waals surface area contributed by atoms with Crippen LogP contribution in [0.1, 0.15) is 41.5 Å². The maximum atomic E-state index is 11.7. The Kier molecular flexibility index (Phi) is 24.6. The summed E-state index contributed by atoms with van der Waals surface area (Å²) < 4.78 is 4.44. The van der Waals surface area contributed by atoms with E-state index in [1.54, 1.807) is 13.2 Å². The number of hydrogen-bond acceptors (Lipinski definition) is 4. The average molecular weight is 336 g/mol. The molecule has 0 aromatic heterocycles. The minimum absolute atomic E-state index is 0.122. The summed E-state index contributed by atoms with van der Waals surface area (Å²) in [6, 6.07) is 0. The Morgan fingerprint density at radius 2 is 1.68 bits per heavy atom. The highest BCUT2D eigenvalue weighted by Crippen LogP contribution is 2.12. The number of carbonyl (C=O) groups is 1. The van der Waals surface area contributed by atoms with Crippen molar-refractivity contribution in [2.75, 3.05) is 39.2 Å². The van der Waals surface area contributed by atoms with E-state index in [1.165, 1.54) is 11.8 Å². The predicted molar refractivity (Wildman–Crippen MR) is 99.6 cm³/mol. The van der Waals surface area contributed by atoms with Gasteiger partial charge in [-0.1, -0.05) is 52.5 Å². The molecule has 0 aliphatic heterocycles. The second-order valence-corrected chi connectivity index (χ2v) is 6.73. The van der Waals surface area contributed by atoms with E-state index < -0.39 is 0 Å². The second kappa shape index (κ2) is 20.5. The van der Waals surface area contributed by atoms with E-state index in [0.717, 1.165) is 18.8 Å². The maximum Gasteiger partial charge on any atom is 0.281 e. The van der Waals surface area contributed by atoms with Gasteiger partial charge in [-0.2, -0.15) is 0 Å². The number of rotatable bonds is 7. The van der Waals surface area contributed by atoms with E-state index in [4.69, 9.17) is 5.11 Å². The first-order valence-corrected chi connectivity index (χ1v) is 8.87. The third-order valence-electron chi connectivity index (χ3n) is 1.99. The molecule has 134 valence electrons. The molecule has 0 aromatic carbocycles. The molecule has 0 atom stereocenters. The lowest BCUT2D eigenvalue weighted by Crippen LogP contribution is -2.34. The van der Waals surface area contributed by atoms with Gasteiger partial charge in [-0.05, 0) is 24.5 Å². The number of nitrogens with zero attached hydrogens (tertiary/aromatic N) is 1. The van der Waals surface area contributed by atoms with Crippen molar-refractivity contribution in [2.45, 2.75) is 41.5 Å². The summed E-state index contributed by atoms with van der Waals surface area (Å²) in [6.07, 6.45) is 1.75. The van der Waals surface area contributed by atoms with Gasteiger partial charge in [0.2, 0.25) is 0 Å². The van der Waals surface area contributed by atoms with Gasteiger partial charge in [0.05, 0.1) is 13.2 Å². The van der Waals surface area contributed by atoms with Crippen molar-refractivity contribution in [3.8, 4) is 0 Å². The summed E-state index contributed by atoms with van der Waals surface area (Å²) in [4.78, 5) is 13.7. The van der Waals surface area contributed by atoms with E-state index in [1.807, 2.05) is 18.7 Å². The van der Waals surface area contributed by atoms with Gasteiger partial charge >= 0.3 is 0 Å². The van der Waals surface area contributed by atoms with Crippen LogP contribution in [-0.4, -0.2) is 54.4 Å². The quantitative estimate of drug-likeness (QED) is 0.705. The summed E-state index contributed by atoms with van der Waals surface area (Å²) in [6.45, 7) is 18.2. The van der Waals surface area contributed by atoms with Crippen molar-refractivity contribution >= 4 is 17.0 Å². The summed E-state index contributed by atoms with van der Waals surface area (Å²) in [7, 11) is 1.55. The number of aliphatic hydroxyl groups is 1. The lowest BCUT2D eigenvalue weighted by atomic mass is 10.1. The van der Waals surface area contributed by atoms with Crippen LogP contribution in [-0.2, 0) is 4.74 Å². The predicted octanol–water partition coefficient (Wildman–Crippen LogP) is 4.29. The zero-order chi connectivity index (χ0) is 18.0. The first-order valence-electron chi connectivity index (χ1n) is 7.88. The monoisotopic (exact) mass is 335 g/mol. The zero-order valence-electron chi connectivity index (χ0n) is 15.6. The molecule has 5 heteroatoms. The van der Waals surface area contributed by atoms with Crippen LogP contribution in [0.2, 0.25) is 0 Å². The SMILES string of the molecule is C=CC.CCSC(=O)N(CC(C)C)CC(C)C.COCCO. The number of methoxy groups -OCH3 is 1. The number of allylic oxidation sites excluding steroid dienone is 1. The van der Waals surface area contributed by atoms with Gasteiger partial charge in [-0.3, -0.25) is 4.79 Å². The molecule has 0 aromatic rings. The second-order valence-electron chi connectivity index (χ2n) is 5.52. The molecular weight excluding hydrogens is 298 g/mol. The number of hydrogen-bond donors (Lipinski definition) is 1. The Morgan fingerprint density at radius 3 is 1.86 bits per heavy atom. The number of ether oxygens (including phenoxy) is 1. The molecule has 0 rings (SSSR count). The smallest absolute Gasteiger partial charge is 0.281 e. The minimum atomic E-state index is 0.122.